The van der Waals surface area contributed by atoms with E-state index in [1.54, 1.807) is 29.2 Å². The van der Waals surface area contributed by atoms with Gasteiger partial charge in [-0.05, 0) is 43.0 Å². The number of amides is 2. The number of piperidine rings is 1. The van der Waals surface area contributed by atoms with Crippen molar-refractivity contribution in [1.29, 1.82) is 0 Å². The zero-order valence-electron chi connectivity index (χ0n) is 14.6. The van der Waals surface area contributed by atoms with Gasteiger partial charge in [0.05, 0.1) is 6.26 Å². The van der Waals surface area contributed by atoms with Crippen LogP contribution in [-0.4, -0.2) is 29.8 Å². The molecule has 134 valence electrons. The third-order valence-electron chi connectivity index (χ3n) is 4.19. The lowest BCUT2D eigenvalue weighted by Gasteiger charge is -2.27. The predicted octanol–water partition coefficient (Wildman–Crippen LogP) is 3.46. The molecule has 1 aliphatic heterocycles. The number of carbonyl (C=O) groups excluding carboxylic acids is 2. The molecule has 1 N–H and O–H groups in total. The summed E-state index contributed by atoms with van der Waals surface area (Å²) in [7, 11) is 0. The summed E-state index contributed by atoms with van der Waals surface area (Å²) in [5.74, 6) is -0.00252. The van der Waals surface area contributed by atoms with Crippen LogP contribution in [0.1, 0.15) is 30.6 Å². The molecule has 0 radical (unpaired) electrons. The lowest BCUT2D eigenvalue weighted by Crippen LogP contribution is -2.40. The van der Waals surface area contributed by atoms with E-state index in [9.17, 15) is 9.59 Å². The first kappa shape index (κ1) is 17.7. The SMILES string of the molecule is O=C(C=Cc1ccccc1)NC(=Cc1ccco1)C(=O)N1CCCCC1. The van der Waals surface area contributed by atoms with E-state index < -0.39 is 0 Å². The first-order valence-corrected chi connectivity index (χ1v) is 8.81. The van der Waals surface area contributed by atoms with Gasteiger partial charge in [0.2, 0.25) is 5.91 Å². The Morgan fingerprint density at radius 2 is 1.77 bits per heavy atom. The Morgan fingerprint density at radius 1 is 1.00 bits per heavy atom. The molecular formula is C21H22N2O3. The topological polar surface area (TPSA) is 62.6 Å². The number of furan rings is 1. The molecule has 0 unspecified atom stereocenters. The highest BCUT2D eigenvalue weighted by Gasteiger charge is 2.21. The third kappa shape index (κ3) is 4.96. The summed E-state index contributed by atoms with van der Waals surface area (Å²) in [6.45, 7) is 1.42. The molecule has 0 bridgehead atoms. The van der Waals surface area contributed by atoms with E-state index in [-0.39, 0.29) is 17.5 Å². The maximum Gasteiger partial charge on any atom is 0.270 e. The number of nitrogens with one attached hydrogen (secondary N) is 1. The number of likely N-dealkylation sites (tertiary alicyclic amines) is 1. The van der Waals surface area contributed by atoms with Crippen LogP contribution in [0.5, 0.6) is 0 Å². The van der Waals surface area contributed by atoms with E-state index in [0.29, 0.717) is 18.8 Å². The standard InChI is InChI=1S/C21H22N2O3/c24-20(12-11-17-8-3-1-4-9-17)22-19(16-18-10-7-15-26-18)21(25)23-13-5-2-6-14-23/h1,3-4,7-12,15-16H,2,5-6,13-14H2,(H,22,24). The van der Waals surface area contributed by atoms with Gasteiger partial charge in [-0.2, -0.15) is 0 Å². The van der Waals surface area contributed by atoms with E-state index in [1.165, 1.54) is 12.3 Å². The Morgan fingerprint density at radius 3 is 2.46 bits per heavy atom. The van der Waals surface area contributed by atoms with Gasteiger partial charge in [-0.15, -0.1) is 0 Å². The average molecular weight is 350 g/mol. The van der Waals surface area contributed by atoms with Crippen LogP contribution in [0.4, 0.5) is 0 Å². The summed E-state index contributed by atoms with van der Waals surface area (Å²) in [5, 5.41) is 2.71. The molecule has 1 fully saturated rings. The summed E-state index contributed by atoms with van der Waals surface area (Å²) in [6, 6.07) is 13.0. The van der Waals surface area contributed by atoms with Gasteiger partial charge in [-0.25, -0.2) is 0 Å². The fraction of sp³-hybridized carbons (Fsp3) is 0.238. The summed E-state index contributed by atoms with van der Waals surface area (Å²) in [5.41, 5.74) is 1.14. The maximum absolute atomic E-state index is 12.8. The smallest absolute Gasteiger partial charge is 0.270 e. The van der Waals surface area contributed by atoms with Crippen molar-refractivity contribution in [3.8, 4) is 0 Å². The Labute approximate surface area is 153 Å². The van der Waals surface area contributed by atoms with Gasteiger partial charge in [0.1, 0.15) is 11.5 Å². The van der Waals surface area contributed by atoms with Crippen molar-refractivity contribution in [2.24, 2.45) is 0 Å². The van der Waals surface area contributed by atoms with Crippen LogP contribution in [0.25, 0.3) is 12.2 Å². The molecule has 2 aromatic rings. The van der Waals surface area contributed by atoms with Gasteiger partial charge < -0.3 is 14.6 Å². The Balaban J connectivity index is 1.74. The van der Waals surface area contributed by atoms with Gasteiger partial charge in [-0.3, -0.25) is 9.59 Å². The zero-order chi connectivity index (χ0) is 18.2. The number of benzene rings is 1. The molecule has 1 aliphatic rings. The van der Waals surface area contributed by atoms with E-state index >= 15 is 0 Å². The van der Waals surface area contributed by atoms with Crippen molar-refractivity contribution in [2.45, 2.75) is 19.3 Å². The minimum Gasteiger partial charge on any atom is -0.465 e. The predicted molar refractivity (Wildman–Crippen MR) is 101 cm³/mol. The summed E-state index contributed by atoms with van der Waals surface area (Å²) in [4.78, 5) is 26.9. The summed E-state index contributed by atoms with van der Waals surface area (Å²) in [6.07, 6.45) is 9.35. The zero-order valence-corrected chi connectivity index (χ0v) is 14.6. The van der Waals surface area contributed by atoms with E-state index in [1.807, 2.05) is 30.3 Å². The molecule has 5 nitrogen and oxygen atoms in total. The molecule has 2 amide bonds. The fourth-order valence-corrected chi connectivity index (χ4v) is 2.84. The number of nitrogens with zero attached hydrogens (tertiary/aromatic N) is 1. The second-order valence-corrected chi connectivity index (χ2v) is 6.16. The quantitative estimate of drug-likeness (QED) is 0.840. The highest BCUT2D eigenvalue weighted by Crippen LogP contribution is 2.14. The van der Waals surface area contributed by atoms with Gasteiger partial charge >= 0.3 is 0 Å². The number of hydrogen-bond donors (Lipinski definition) is 1. The molecule has 5 heteroatoms. The Bertz CT molecular complexity index is 786. The lowest BCUT2D eigenvalue weighted by atomic mass is 10.1. The molecule has 0 atom stereocenters. The van der Waals surface area contributed by atoms with Gasteiger partial charge in [0, 0.05) is 25.2 Å². The normalized spacial score (nSPS) is 15.2. The second kappa shape index (κ2) is 8.85. The van der Waals surface area contributed by atoms with Crippen molar-refractivity contribution in [2.75, 3.05) is 13.1 Å². The number of carbonyl (C=O) groups is 2. The van der Waals surface area contributed by atoms with Crippen LogP contribution in [0, 0.1) is 0 Å². The highest BCUT2D eigenvalue weighted by atomic mass is 16.3. The molecule has 0 aliphatic carbocycles. The van der Waals surface area contributed by atoms with Crippen LogP contribution < -0.4 is 5.32 Å². The van der Waals surface area contributed by atoms with E-state index in [4.69, 9.17) is 4.42 Å². The largest absolute Gasteiger partial charge is 0.465 e. The molecule has 26 heavy (non-hydrogen) atoms. The minimum absolute atomic E-state index is 0.178. The summed E-state index contributed by atoms with van der Waals surface area (Å²) >= 11 is 0. The maximum atomic E-state index is 12.8. The molecule has 0 spiro atoms. The van der Waals surface area contributed by atoms with Gasteiger partial charge in [0.15, 0.2) is 0 Å². The number of hydrogen-bond acceptors (Lipinski definition) is 3. The number of rotatable bonds is 5. The first-order valence-electron chi connectivity index (χ1n) is 8.81. The van der Waals surface area contributed by atoms with Crippen molar-refractivity contribution in [3.05, 3.63) is 71.8 Å². The molecule has 1 saturated heterocycles. The summed E-state index contributed by atoms with van der Waals surface area (Å²) < 4.78 is 5.30. The second-order valence-electron chi connectivity index (χ2n) is 6.16. The van der Waals surface area contributed by atoms with Crippen LogP contribution in [-0.2, 0) is 9.59 Å². The van der Waals surface area contributed by atoms with Gasteiger partial charge in [-0.1, -0.05) is 30.3 Å². The molecule has 1 aromatic heterocycles. The van der Waals surface area contributed by atoms with Crippen molar-refractivity contribution in [1.82, 2.24) is 10.2 Å². The Kier molecular flexibility index (Phi) is 6.04. The van der Waals surface area contributed by atoms with Crippen LogP contribution in [0.3, 0.4) is 0 Å². The van der Waals surface area contributed by atoms with E-state index in [0.717, 1.165) is 24.8 Å². The van der Waals surface area contributed by atoms with Gasteiger partial charge in [0.25, 0.3) is 5.91 Å². The molecule has 1 aromatic carbocycles. The van der Waals surface area contributed by atoms with Crippen molar-refractivity contribution >= 4 is 24.0 Å². The van der Waals surface area contributed by atoms with Crippen LogP contribution in [0.2, 0.25) is 0 Å². The monoisotopic (exact) mass is 350 g/mol. The van der Waals surface area contributed by atoms with Crippen molar-refractivity contribution < 1.29 is 14.0 Å². The molecular weight excluding hydrogens is 328 g/mol. The van der Waals surface area contributed by atoms with E-state index in [2.05, 4.69) is 5.32 Å². The van der Waals surface area contributed by atoms with Crippen molar-refractivity contribution in [3.63, 3.8) is 0 Å². The first-order chi connectivity index (χ1) is 12.7. The lowest BCUT2D eigenvalue weighted by molar-refractivity contribution is -0.129. The molecule has 2 heterocycles. The molecule has 3 rings (SSSR count). The molecule has 0 saturated carbocycles. The highest BCUT2D eigenvalue weighted by molar-refractivity contribution is 6.04. The van der Waals surface area contributed by atoms with Crippen LogP contribution in [0.15, 0.2) is 64.9 Å². The average Bonchev–Trinajstić information content (AvgIpc) is 3.20. The third-order valence-corrected chi connectivity index (χ3v) is 4.19. The van der Waals surface area contributed by atoms with Crippen LogP contribution >= 0.6 is 0 Å². The minimum atomic E-state index is -0.350. The Hall–Kier alpha value is -3.08. The fourth-order valence-electron chi connectivity index (χ4n) is 2.84.